The molecular formula is C20H22N2O3. The smallest absolute Gasteiger partial charge is 0.324 e. The van der Waals surface area contributed by atoms with E-state index in [1.165, 1.54) is 5.56 Å². The maximum Gasteiger partial charge on any atom is 0.324 e. The molecule has 1 fully saturated rings. The van der Waals surface area contributed by atoms with E-state index in [4.69, 9.17) is 9.47 Å². The number of hydrogen-bond donors (Lipinski definition) is 0. The van der Waals surface area contributed by atoms with E-state index in [1.807, 2.05) is 52.3 Å². The Hall–Kier alpha value is -2.69. The Morgan fingerprint density at radius 3 is 2.80 bits per heavy atom. The lowest BCUT2D eigenvalue weighted by Gasteiger charge is -2.32. The van der Waals surface area contributed by atoms with Crippen LogP contribution in [-0.2, 0) is 0 Å². The monoisotopic (exact) mass is 338 g/mol. The van der Waals surface area contributed by atoms with E-state index in [0.717, 1.165) is 36.7 Å². The first-order valence-electron chi connectivity index (χ1n) is 8.69. The standard InChI is InChI=1S/C20H22N2O3/c1-24-18-8-4-2-6-16(18)15-10-11-21(14-15)20(23)22-12-13-25-19-9-5-3-7-17(19)22/h2-9,15H,10-14H2,1H3. The molecule has 2 aromatic carbocycles. The number of hydrogen-bond acceptors (Lipinski definition) is 3. The minimum atomic E-state index is 0.0631. The number of urea groups is 1. The molecule has 0 aromatic heterocycles. The molecule has 2 aromatic rings. The molecule has 5 heteroatoms. The lowest BCUT2D eigenvalue weighted by Crippen LogP contribution is -2.45. The lowest BCUT2D eigenvalue weighted by molar-refractivity contribution is 0.209. The largest absolute Gasteiger partial charge is 0.496 e. The lowest BCUT2D eigenvalue weighted by atomic mass is 9.97. The van der Waals surface area contributed by atoms with Crippen LogP contribution >= 0.6 is 0 Å². The molecule has 0 aliphatic carbocycles. The van der Waals surface area contributed by atoms with E-state index < -0.39 is 0 Å². The van der Waals surface area contributed by atoms with Gasteiger partial charge in [-0.3, -0.25) is 4.90 Å². The second kappa shape index (κ2) is 6.67. The van der Waals surface area contributed by atoms with Gasteiger partial charge in [-0.15, -0.1) is 0 Å². The molecule has 2 aliphatic heterocycles. The number of para-hydroxylation sites is 3. The van der Waals surface area contributed by atoms with Crippen LogP contribution in [-0.4, -0.2) is 44.3 Å². The first-order chi connectivity index (χ1) is 12.3. The number of ether oxygens (including phenoxy) is 2. The van der Waals surface area contributed by atoms with Gasteiger partial charge in [0.25, 0.3) is 0 Å². The summed E-state index contributed by atoms with van der Waals surface area (Å²) in [4.78, 5) is 16.8. The van der Waals surface area contributed by atoms with E-state index in [9.17, 15) is 4.79 Å². The van der Waals surface area contributed by atoms with Gasteiger partial charge < -0.3 is 14.4 Å². The molecule has 25 heavy (non-hydrogen) atoms. The van der Waals surface area contributed by atoms with Gasteiger partial charge in [-0.05, 0) is 30.2 Å². The van der Waals surface area contributed by atoms with Crippen LogP contribution in [0.4, 0.5) is 10.5 Å². The van der Waals surface area contributed by atoms with Crippen LogP contribution in [0.5, 0.6) is 11.5 Å². The van der Waals surface area contributed by atoms with Gasteiger partial charge in [0.15, 0.2) is 0 Å². The highest BCUT2D eigenvalue weighted by Crippen LogP contribution is 2.36. The van der Waals surface area contributed by atoms with Crippen LogP contribution in [0.3, 0.4) is 0 Å². The second-order valence-corrected chi connectivity index (χ2v) is 6.42. The molecule has 0 radical (unpaired) electrons. The van der Waals surface area contributed by atoms with Gasteiger partial charge in [0.2, 0.25) is 0 Å². The normalized spacial score (nSPS) is 19.3. The summed E-state index contributed by atoms with van der Waals surface area (Å²) >= 11 is 0. The van der Waals surface area contributed by atoms with Crippen molar-refractivity contribution < 1.29 is 14.3 Å². The summed E-state index contributed by atoms with van der Waals surface area (Å²) in [5.41, 5.74) is 2.04. The van der Waals surface area contributed by atoms with Gasteiger partial charge in [0, 0.05) is 19.0 Å². The molecule has 1 unspecified atom stereocenters. The van der Waals surface area contributed by atoms with Crippen molar-refractivity contribution in [3.8, 4) is 11.5 Å². The van der Waals surface area contributed by atoms with E-state index in [0.29, 0.717) is 19.1 Å². The summed E-state index contributed by atoms with van der Waals surface area (Å²) in [5, 5.41) is 0. The van der Waals surface area contributed by atoms with Crippen LogP contribution in [0.2, 0.25) is 0 Å². The van der Waals surface area contributed by atoms with Gasteiger partial charge in [-0.2, -0.15) is 0 Å². The van der Waals surface area contributed by atoms with Gasteiger partial charge in [-0.25, -0.2) is 4.79 Å². The van der Waals surface area contributed by atoms with Crippen LogP contribution in [0, 0.1) is 0 Å². The molecule has 2 heterocycles. The zero-order valence-corrected chi connectivity index (χ0v) is 14.4. The molecule has 1 atom stereocenters. The Morgan fingerprint density at radius 2 is 1.92 bits per heavy atom. The molecule has 4 rings (SSSR count). The third-order valence-electron chi connectivity index (χ3n) is 5.00. The molecule has 2 amide bonds. The molecule has 0 N–H and O–H groups in total. The fourth-order valence-electron chi connectivity index (χ4n) is 3.73. The Labute approximate surface area is 147 Å². The number of anilines is 1. The number of fused-ring (bicyclic) bond motifs is 1. The average molecular weight is 338 g/mol. The van der Waals surface area contributed by atoms with Gasteiger partial charge in [-0.1, -0.05) is 30.3 Å². The number of benzene rings is 2. The fourth-order valence-corrected chi connectivity index (χ4v) is 3.73. The van der Waals surface area contributed by atoms with Crippen molar-refractivity contribution in [1.29, 1.82) is 0 Å². The third kappa shape index (κ3) is 2.90. The van der Waals surface area contributed by atoms with Crippen molar-refractivity contribution in [3.63, 3.8) is 0 Å². The van der Waals surface area contributed by atoms with Gasteiger partial charge >= 0.3 is 6.03 Å². The molecule has 1 saturated heterocycles. The van der Waals surface area contributed by atoms with Crippen molar-refractivity contribution in [1.82, 2.24) is 4.90 Å². The summed E-state index contributed by atoms with van der Waals surface area (Å²) in [6, 6.07) is 15.9. The number of methoxy groups -OCH3 is 1. The fraction of sp³-hybridized carbons (Fsp3) is 0.350. The number of nitrogens with zero attached hydrogens (tertiary/aromatic N) is 2. The van der Waals surface area contributed by atoms with Crippen molar-refractivity contribution >= 4 is 11.7 Å². The zero-order valence-electron chi connectivity index (χ0n) is 14.4. The zero-order chi connectivity index (χ0) is 17.2. The number of rotatable bonds is 2. The highest BCUT2D eigenvalue weighted by molar-refractivity contribution is 5.94. The van der Waals surface area contributed by atoms with Crippen LogP contribution in [0.25, 0.3) is 0 Å². The molecule has 2 aliphatic rings. The van der Waals surface area contributed by atoms with Crippen molar-refractivity contribution in [2.75, 3.05) is 38.3 Å². The van der Waals surface area contributed by atoms with Crippen molar-refractivity contribution in [3.05, 3.63) is 54.1 Å². The van der Waals surface area contributed by atoms with E-state index in [-0.39, 0.29) is 6.03 Å². The number of carbonyl (C=O) groups is 1. The minimum absolute atomic E-state index is 0.0631. The topological polar surface area (TPSA) is 42.0 Å². The summed E-state index contributed by atoms with van der Waals surface area (Å²) in [6.07, 6.45) is 0.956. The maximum atomic E-state index is 13.1. The highest BCUT2D eigenvalue weighted by Gasteiger charge is 2.33. The van der Waals surface area contributed by atoms with Crippen molar-refractivity contribution in [2.24, 2.45) is 0 Å². The first-order valence-corrected chi connectivity index (χ1v) is 8.69. The Bertz CT molecular complexity index is 777. The summed E-state index contributed by atoms with van der Waals surface area (Å²) in [7, 11) is 1.70. The number of likely N-dealkylation sites (tertiary alicyclic amines) is 1. The van der Waals surface area contributed by atoms with E-state index in [2.05, 4.69) is 6.07 Å². The number of amides is 2. The summed E-state index contributed by atoms with van der Waals surface area (Å²) < 4.78 is 11.1. The average Bonchev–Trinajstić information content (AvgIpc) is 3.17. The highest BCUT2D eigenvalue weighted by atomic mass is 16.5. The Morgan fingerprint density at radius 1 is 1.12 bits per heavy atom. The molecule has 5 nitrogen and oxygen atoms in total. The van der Waals surface area contributed by atoms with Gasteiger partial charge in [0.05, 0.1) is 19.3 Å². The molecule has 130 valence electrons. The van der Waals surface area contributed by atoms with Crippen LogP contribution in [0.15, 0.2) is 48.5 Å². The minimum Gasteiger partial charge on any atom is -0.496 e. The summed E-state index contributed by atoms with van der Waals surface area (Å²) in [6.45, 7) is 2.61. The van der Waals surface area contributed by atoms with Crippen molar-refractivity contribution in [2.45, 2.75) is 12.3 Å². The van der Waals surface area contributed by atoms with E-state index in [1.54, 1.807) is 7.11 Å². The third-order valence-corrected chi connectivity index (χ3v) is 5.00. The summed E-state index contributed by atoms with van der Waals surface area (Å²) in [5.74, 6) is 2.00. The van der Waals surface area contributed by atoms with Crippen LogP contribution < -0.4 is 14.4 Å². The molecule has 0 bridgehead atoms. The van der Waals surface area contributed by atoms with Crippen LogP contribution in [0.1, 0.15) is 17.9 Å². The maximum absolute atomic E-state index is 13.1. The second-order valence-electron chi connectivity index (χ2n) is 6.42. The predicted octanol–water partition coefficient (Wildman–Crippen LogP) is 3.50. The van der Waals surface area contributed by atoms with Gasteiger partial charge in [0.1, 0.15) is 18.1 Å². The molecule has 0 spiro atoms. The Kier molecular flexibility index (Phi) is 4.22. The molecular weight excluding hydrogens is 316 g/mol. The van der Waals surface area contributed by atoms with E-state index >= 15 is 0 Å². The first kappa shape index (κ1) is 15.8. The SMILES string of the molecule is COc1ccccc1C1CCN(C(=O)N2CCOc3ccccc32)C1. The quantitative estimate of drug-likeness (QED) is 0.841. The predicted molar refractivity (Wildman–Crippen MR) is 96.6 cm³/mol. The Balaban J connectivity index is 1.52. The molecule has 0 saturated carbocycles. The number of carbonyl (C=O) groups excluding carboxylic acids is 1.